The number of nitrogens with one attached hydrogen (secondary N) is 2. The summed E-state index contributed by atoms with van der Waals surface area (Å²) in [5, 5.41) is 5.66. The van der Waals surface area contributed by atoms with Crippen molar-refractivity contribution in [3.8, 4) is 0 Å². The number of halogens is 1. The molecule has 0 aliphatic heterocycles. The van der Waals surface area contributed by atoms with E-state index in [0.29, 0.717) is 23.4 Å². The van der Waals surface area contributed by atoms with E-state index in [2.05, 4.69) is 36.5 Å². The van der Waals surface area contributed by atoms with E-state index in [-0.39, 0.29) is 5.91 Å². The SMILES string of the molecule is CNC(=O)CCNc1nc(Br)cn2ccnc12. The Kier molecular flexibility index (Phi) is 3.58. The number of imidazole rings is 1. The first-order chi connectivity index (χ1) is 8.20. The fourth-order valence-electron chi connectivity index (χ4n) is 1.44. The van der Waals surface area contributed by atoms with Crippen molar-refractivity contribution in [2.24, 2.45) is 0 Å². The van der Waals surface area contributed by atoms with Crippen LogP contribution < -0.4 is 10.6 Å². The van der Waals surface area contributed by atoms with Crippen LogP contribution >= 0.6 is 15.9 Å². The lowest BCUT2D eigenvalue weighted by Crippen LogP contribution is -2.21. The van der Waals surface area contributed by atoms with Crippen LogP contribution in [0.2, 0.25) is 0 Å². The van der Waals surface area contributed by atoms with Crippen LogP contribution in [0.1, 0.15) is 6.42 Å². The van der Waals surface area contributed by atoms with Gasteiger partial charge in [0.2, 0.25) is 5.91 Å². The van der Waals surface area contributed by atoms with Gasteiger partial charge >= 0.3 is 0 Å². The van der Waals surface area contributed by atoms with Gasteiger partial charge in [0, 0.05) is 38.6 Å². The van der Waals surface area contributed by atoms with Crippen molar-refractivity contribution in [2.75, 3.05) is 18.9 Å². The molecule has 0 aliphatic rings. The summed E-state index contributed by atoms with van der Waals surface area (Å²) in [6.07, 6.45) is 5.77. The fourth-order valence-corrected chi connectivity index (χ4v) is 1.84. The van der Waals surface area contributed by atoms with Crippen LogP contribution in [-0.2, 0) is 4.79 Å². The monoisotopic (exact) mass is 297 g/mol. The Balaban J connectivity index is 2.12. The number of aromatic nitrogens is 3. The van der Waals surface area contributed by atoms with E-state index in [4.69, 9.17) is 0 Å². The first-order valence-electron chi connectivity index (χ1n) is 5.14. The first-order valence-corrected chi connectivity index (χ1v) is 5.93. The second-order valence-corrected chi connectivity index (χ2v) is 4.23. The molecule has 0 atom stereocenters. The lowest BCUT2D eigenvalue weighted by Gasteiger charge is -2.06. The molecule has 2 N–H and O–H groups in total. The Morgan fingerprint density at radius 1 is 1.59 bits per heavy atom. The van der Waals surface area contributed by atoms with E-state index in [1.165, 1.54) is 0 Å². The lowest BCUT2D eigenvalue weighted by atomic mass is 10.4. The predicted molar refractivity (Wildman–Crippen MR) is 67.9 cm³/mol. The van der Waals surface area contributed by atoms with Crippen LogP contribution in [0.4, 0.5) is 5.82 Å². The van der Waals surface area contributed by atoms with Crippen LogP contribution in [0.3, 0.4) is 0 Å². The Morgan fingerprint density at radius 3 is 3.18 bits per heavy atom. The van der Waals surface area contributed by atoms with Crippen molar-refractivity contribution in [1.29, 1.82) is 0 Å². The molecule has 0 saturated heterocycles. The fraction of sp³-hybridized carbons (Fsp3) is 0.300. The Labute approximate surface area is 107 Å². The zero-order valence-electron chi connectivity index (χ0n) is 9.27. The molecular weight excluding hydrogens is 286 g/mol. The summed E-state index contributed by atoms with van der Waals surface area (Å²) in [5.41, 5.74) is 0.741. The Hall–Kier alpha value is -1.63. The van der Waals surface area contributed by atoms with Gasteiger partial charge in [-0.3, -0.25) is 4.79 Å². The van der Waals surface area contributed by atoms with Crippen molar-refractivity contribution in [1.82, 2.24) is 19.7 Å². The van der Waals surface area contributed by atoms with Gasteiger partial charge in [-0.25, -0.2) is 9.97 Å². The van der Waals surface area contributed by atoms with Crippen molar-refractivity contribution >= 4 is 33.3 Å². The van der Waals surface area contributed by atoms with E-state index >= 15 is 0 Å². The normalized spacial score (nSPS) is 10.5. The average Bonchev–Trinajstić information content (AvgIpc) is 2.76. The van der Waals surface area contributed by atoms with Crippen LogP contribution in [0, 0.1) is 0 Å². The van der Waals surface area contributed by atoms with Gasteiger partial charge in [-0.15, -0.1) is 0 Å². The lowest BCUT2D eigenvalue weighted by molar-refractivity contribution is -0.120. The molecule has 6 nitrogen and oxygen atoms in total. The highest BCUT2D eigenvalue weighted by molar-refractivity contribution is 9.10. The number of anilines is 1. The standard InChI is InChI=1S/C10H12BrN5O/c1-12-8(17)2-3-13-9-10-14-4-5-16(10)6-7(11)15-9/h4-6H,2-3H2,1H3,(H,12,17)(H,13,15). The number of hydrogen-bond donors (Lipinski definition) is 2. The smallest absolute Gasteiger partial charge is 0.221 e. The zero-order chi connectivity index (χ0) is 12.3. The molecular formula is C10H12BrN5O. The van der Waals surface area contributed by atoms with E-state index in [1.807, 2.05) is 16.8 Å². The third-order valence-electron chi connectivity index (χ3n) is 2.27. The molecule has 2 aromatic heterocycles. The van der Waals surface area contributed by atoms with Crippen LogP contribution in [0.15, 0.2) is 23.2 Å². The number of amides is 1. The number of rotatable bonds is 4. The van der Waals surface area contributed by atoms with E-state index in [0.717, 1.165) is 5.65 Å². The number of fused-ring (bicyclic) bond motifs is 1. The molecule has 2 heterocycles. The predicted octanol–water partition coefficient (Wildman–Crippen LogP) is 1.04. The van der Waals surface area contributed by atoms with Gasteiger partial charge < -0.3 is 15.0 Å². The topological polar surface area (TPSA) is 71.3 Å². The molecule has 0 spiro atoms. The molecule has 0 saturated carbocycles. The van der Waals surface area contributed by atoms with Crippen LogP contribution in [0.25, 0.3) is 5.65 Å². The minimum absolute atomic E-state index is 0.00754. The number of carbonyl (C=O) groups is 1. The maximum Gasteiger partial charge on any atom is 0.221 e. The second-order valence-electron chi connectivity index (χ2n) is 3.42. The van der Waals surface area contributed by atoms with E-state index in [1.54, 1.807) is 13.2 Å². The third-order valence-corrected chi connectivity index (χ3v) is 2.65. The van der Waals surface area contributed by atoms with E-state index < -0.39 is 0 Å². The molecule has 7 heteroatoms. The summed E-state index contributed by atoms with van der Waals surface area (Å²) in [6.45, 7) is 0.519. The molecule has 2 rings (SSSR count). The minimum Gasteiger partial charge on any atom is -0.366 e. The van der Waals surface area contributed by atoms with Crippen LogP contribution in [-0.4, -0.2) is 33.9 Å². The van der Waals surface area contributed by atoms with Crippen molar-refractivity contribution in [2.45, 2.75) is 6.42 Å². The van der Waals surface area contributed by atoms with Gasteiger partial charge in [-0.1, -0.05) is 0 Å². The second kappa shape index (κ2) is 5.13. The molecule has 0 unspecified atom stereocenters. The number of nitrogens with zero attached hydrogens (tertiary/aromatic N) is 3. The van der Waals surface area contributed by atoms with Crippen molar-refractivity contribution < 1.29 is 4.79 Å². The van der Waals surface area contributed by atoms with Gasteiger partial charge in [0.1, 0.15) is 4.60 Å². The first kappa shape index (κ1) is 11.8. The molecule has 0 aromatic carbocycles. The van der Waals surface area contributed by atoms with Gasteiger partial charge in [0.25, 0.3) is 0 Å². The summed E-state index contributed by atoms with van der Waals surface area (Å²) < 4.78 is 2.57. The molecule has 0 radical (unpaired) electrons. The molecule has 1 amide bonds. The van der Waals surface area contributed by atoms with E-state index in [9.17, 15) is 4.79 Å². The molecule has 17 heavy (non-hydrogen) atoms. The maximum absolute atomic E-state index is 11.1. The van der Waals surface area contributed by atoms with Gasteiger partial charge in [0.15, 0.2) is 11.5 Å². The summed E-state index contributed by atoms with van der Waals surface area (Å²) in [5.74, 6) is 0.653. The van der Waals surface area contributed by atoms with Crippen LogP contribution in [0.5, 0.6) is 0 Å². The zero-order valence-corrected chi connectivity index (χ0v) is 10.9. The average molecular weight is 298 g/mol. The van der Waals surface area contributed by atoms with Gasteiger partial charge in [-0.05, 0) is 15.9 Å². The highest BCUT2D eigenvalue weighted by atomic mass is 79.9. The summed E-state index contributed by atoms with van der Waals surface area (Å²) in [7, 11) is 1.62. The van der Waals surface area contributed by atoms with Gasteiger partial charge in [0.05, 0.1) is 0 Å². The highest BCUT2D eigenvalue weighted by Crippen LogP contribution is 2.16. The summed E-state index contributed by atoms with van der Waals surface area (Å²) >= 11 is 3.32. The number of hydrogen-bond acceptors (Lipinski definition) is 4. The molecule has 90 valence electrons. The molecule has 2 aromatic rings. The Bertz CT molecular complexity index is 538. The summed E-state index contributed by atoms with van der Waals surface area (Å²) in [4.78, 5) is 19.6. The Morgan fingerprint density at radius 2 is 2.41 bits per heavy atom. The highest BCUT2D eigenvalue weighted by Gasteiger charge is 2.06. The summed E-state index contributed by atoms with van der Waals surface area (Å²) in [6, 6.07) is 0. The largest absolute Gasteiger partial charge is 0.366 e. The van der Waals surface area contributed by atoms with Gasteiger partial charge in [-0.2, -0.15) is 0 Å². The maximum atomic E-state index is 11.1. The molecule has 0 fully saturated rings. The quantitative estimate of drug-likeness (QED) is 0.885. The third kappa shape index (κ3) is 2.73. The van der Waals surface area contributed by atoms with Crippen molar-refractivity contribution in [3.05, 3.63) is 23.2 Å². The molecule has 0 aliphatic carbocycles. The van der Waals surface area contributed by atoms with Crippen molar-refractivity contribution in [3.63, 3.8) is 0 Å². The molecule has 0 bridgehead atoms. The minimum atomic E-state index is -0.00754. The number of carbonyl (C=O) groups excluding carboxylic acids is 1.